The molecule has 16 heavy (non-hydrogen) atoms. The number of thiol groups is 1. The number of rotatable bonds is 1. The largest absolute Gasteiger partial charge is 0.456 e. The third kappa shape index (κ3) is 3.66. The standard InChI is InChI=1S/C12H15IO2S/c1-7-9(13)5-8(6-10(7)16)11(14)15-12(2,3)4/h5-6,16H,1-4H3. The molecule has 88 valence electrons. The van der Waals surface area contributed by atoms with Gasteiger partial charge < -0.3 is 4.74 Å². The van der Waals surface area contributed by atoms with Gasteiger partial charge in [-0.25, -0.2) is 4.79 Å². The lowest BCUT2D eigenvalue weighted by Crippen LogP contribution is -2.24. The normalized spacial score (nSPS) is 11.4. The molecule has 0 unspecified atom stereocenters. The van der Waals surface area contributed by atoms with E-state index in [1.807, 2.05) is 33.8 Å². The second-order valence-corrected chi connectivity index (χ2v) is 6.25. The third-order valence-electron chi connectivity index (χ3n) is 1.95. The van der Waals surface area contributed by atoms with E-state index in [4.69, 9.17) is 4.74 Å². The van der Waals surface area contributed by atoms with Crippen LogP contribution in [0.15, 0.2) is 17.0 Å². The number of hydrogen-bond acceptors (Lipinski definition) is 3. The van der Waals surface area contributed by atoms with Crippen LogP contribution in [0.25, 0.3) is 0 Å². The van der Waals surface area contributed by atoms with Crippen LogP contribution in [0.2, 0.25) is 0 Å². The monoisotopic (exact) mass is 350 g/mol. The first-order valence-corrected chi connectivity index (χ1v) is 6.46. The maximum absolute atomic E-state index is 11.8. The predicted molar refractivity (Wildman–Crippen MR) is 76.3 cm³/mol. The second-order valence-electron chi connectivity index (χ2n) is 4.60. The fraction of sp³-hybridized carbons (Fsp3) is 0.417. The number of ether oxygens (including phenoxy) is 1. The van der Waals surface area contributed by atoms with Gasteiger partial charge in [-0.3, -0.25) is 0 Å². The van der Waals surface area contributed by atoms with Gasteiger partial charge in [0, 0.05) is 8.47 Å². The Balaban J connectivity index is 3.02. The molecule has 0 aliphatic heterocycles. The lowest BCUT2D eigenvalue weighted by Gasteiger charge is -2.19. The summed E-state index contributed by atoms with van der Waals surface area (Å²) in [7, 11) is 0. The Bertz CT molecular complexity index is 399. The van der Waals surface area contributed by atoms with Crippen molar-refractivity contribution in [1.82, 2.24) is 0 Å². The molecule has 1 rings (SSSR count). The van der Waals surface area contributed by atoms with Crippen LogP contribution >= 0.6 is 35.2 Å². The zero-order chi connectivity index (χ0) is 12.5. The molecule has 1 aromatic rings. The number of esters is 1. The Labute approximate surface area is 115 Å². The van der Waals surface area contributed by atoms with Gasteiger partial charge in [0.25, 0.3) is 0 Å². The van der Waals surface area contributed by atoms with E-state index in [9.17, 15) is 4.79 Å². The van der Waals surface area contributed by atoms with E-state index in [1.165, 1.54) is 0 Å². The minimum atomic E-state index is -0.468. The first-order chi connectivity index (χ1) is 7.20. The molecule has 0 heterocycles. The number of carbonyl (C=O) groups excluding carboxylic acids is 1. The van der Waals surface area contributed by atoms with E-state index < -0.39 is 5.60 Å². The zero-order valence-corrected chi connectivity index (χ0v) is 12.8. The molecular weight excluding hydrogens is 335 g/mol. The maximum atomic E-state index is 11.8. The van der Waals surface area contributed by atoms with Crippen LogP contribution in [0, 0.1) is 10.5 Å². The minimum absolute atomic E-state index is 0.305. The Kier molecular flexibility index (Phi) is 4.29. The summed E-state index contributed by atoms with van der Waals surface area (Å²) in [5.74, 6) is -0.305. The molecule has 0 amide bonds. The van der Waals surface area contributed by atoms with Crippen LogP contribution < -0.4 is 0 Å². The number of carbonyl (C=O) groups is 1. The minimum Gasteiger partial charge on any atom is -0.456 e. The van der Waals surface area contributed by atoms with E-state index in [0.717, 1.165) is 14.0 Å². The molecule has 0 bridgehead atoms. The van der Waals surface area contributed by atoms with Gasteiger partial charge in [-0.2, -0.15) is 0 Å². The Morgan fingerprint density at radius 2 is 1.94 bits per heavy atom. The maximum Gasteiger partial charge on any atom is 0.338 e. The number of halogens is 1. The molecular formula is C12H15IO2S. The van der Waals surface area contributed by atoms with Crippen molar-refractivity contribution in [1.29, 1.82) is 0 Å². The van der Waals surface area contributed by atoms with E-state index in [0.29, 0.717) is 5.56 Å². The summed E-state index contributed by atoms with van der Waals surface area (Å²) in [6.07, 6.45) is 0. The average molecular weight is 350 g/mol. The molecule has 0 saturated heterocycles. The van der Waals surface area contributed by atoms with Crippen molar-refractivity contribution in [3.63, 3.8) is 0 Å². The van der Waals surface area contributed by atoms with Crippen molar-refractivity contribution in [3.05, 3.63) is 26.8 Å². The molecule has 0 N–H and O–H groups in total. The van der Waals surface area contributed by atoms with Gasteiger partial charge in [0.05, 0.1) is 5.56 Å². The van der Waals surface area contributed by atoms with Gasteiger partial charge in [0.15, 0.2) is 0 Å². The van der Waals surface area contributed by atoms with Gasteiger partial charge in [0.2, 0.25) is 0 Å². The molecule has 0 aliphatic carbocycles. The summed E-state index contributed by atoms with van der Waals surface area (Å²) in [5, 5.41) is 0. The van der Waals surface area contributed by atoms with Gasteiger partial charge in [0.1, 0.15) is 5.60 Å². The van der Waals surface area contributed by atoms with Crippen LogP contribution in [0.1, 0.15) is 36.7 Å². The van der Waals surface area contributed by atoms with Gasteiger partial charge in [-0.15, -0.1) is 12.6 Å². The van der Waals surface area contributed by atoms with Crippen LogP contribution in [-0.4, -0.2) is 11.6 Å². The van der Waals surface area contributed by atoms with Crippen molar-refractivity contribution in [2.24, 2.45) is 0 Å². The van der Waals surface area contributed by atoms with Crippen LogP contribution in [-0.2, 0) is 4.74 Å². The lowest BCUT2D eigenvalue weighted by atomic mass is 10.1. The highest BCUT2D eigenvalue weighted by atomic mass is 127. The van der Waals surface area contributed by atoms with Crippen LogP contribution in [0.4, 0.5) is 0 Å². The molecule has 2 nitrogen and oxygen atoms in total. The fourth-order valence-electron chi connectivity index (χ4n) is 1.12. The second kappa shape index (κ2) is 4.96. The van der Waals surface area contributed by atoms with Gasteiger partial charge in [-0.1, -0.05) is 0 Å². The molecule has 0 radical (unpaired) electrons. The number of benzene rings is 1. The molecule has 0 aliphatic rings. The molecule has 0 saturated carbocycles. The van der Waals surface area contributed by atoms with Crippen molar-refractivity contribution >= 4 is 41.2 Å². The lowest BCUT2D eigenvalue weighted by molar-refractivity contribution is 0.00692. The highest BCUT2D eigenvalue weighted by molar-refractivity contribution is 14.1. The van der Waals surface area contributed by atoms with E-state index >= 15 is 0 Å². The molecule has 1 aromatic carbocycles. The van der Waals surface area contributed by atoms with Crippen molar-refractivity contribution in [3.8, 4) is 0 Å². The molecule has 4 heteroatoms. The van der Waals surface area contributed by atoms with E-state index in [1.54, 1.807) is 6.07 Å². The zero-order valence-electron chi connectivity index (χ0n) is 9.80. The summed E-state index contributed by atoms with van der Waals surface area (Å²) >= 11 is 6.52. The van der Waals surface area contributed by atoms with Crippen molar-refractivity contribution in [2.75, 3.05) is 0 Å². The highest BCUT2D eigenvalue weighted by Crippen LogP contribution is 2.23. The Morgan fingerprint density at radius 3 is 2.38 bits per heavy atom. The predicted octanol–water partition coefficient (Wildman–Crippen LogP) is 3.84. The smallest absolute Gasteiger partial charge is 0.338 e. The van der Waals surface area contributed by atoms with Gasteiger partial charge in [-0.05, 0) is 68.0 Å². The summed E-state index contributed by atoms with van der Waals surface area (Å²) < 4.78 is 6.32. The van der Waals surface area contributed by atoms with Crippen molar-refractivity contribution in [2.45, 2.75) is 38.2 Å². The molecule has 0 atom stereocenters. The summed E-state index contributed by atoms with van der Waals surface area (Å²) in [6, 6.07) is 3.57. The van der Waals surface area contributed by atoms with Crippen LogP contribution in [0.5, 0.6) is 0 Å². The third-order valence-corrected chi connectivity index (χ3v) is 3.54. The average Bonchev–Trinajstić information content (AvgIpc) is 2.10. The van der Waals surface area contributed by atoms with Crippen LogP contribution in [0.3, 0.4) is 0 Å². The Hall–Kier alpha value is -0.230. The first-order valence-electron chi connectivity index (χ1n) is 4.93. The Morgan fingerprint density at radius 1 is 1.38 bits per heavy atom. The summed E-state index contributed by atoms with van der Waals surface area (Å²) in [5.41, 5.74) is 1.16. The quantitative estimate of drug-likeness (QED) is 0.473. The van der Waals surface area contributed by atoms with E-state index in [-0.39, 0.29) is 5.97 Å². The molecule has 0 spiro atoms. The van der Waals surface area contributed by atoms with Gasteiger partial charge >= 0.3 is 5.97 Å². The highest BCUT2D eigenvalue weighted by Gasteiger charge is 2.18. The molecule has 0 fully saturated rings. The summed E-state index contributed by atoms with van der Waals surface area (Å²) in [6.45, 7) is 7.53. The SMILES string of the molecule is Cc1c(S)cc(C(=O)OC(C)(C)C)cc1I. The topological polar surface area (TPSA) is 26.3 Å². The summed E-state index contributed by atoms with van der Waals surface area (Å²) in [4.78, 5) is 12.6. The fourth-order valence-corrected chi connectivity index (χ4v) is 2.22. The van der Waals surface area contributed by atoms with E-state index in [2.05, 4.69) is 35.2 Å². The number of hydrogen-bond donors (Lipinski definition) is 1. The van der Waals surface area contributed by atoms with Crippen molar-refractivity contribution < 1.29 is 9.53 Å². The molecule has 0 aromatic heterocycles. The first kappa shape index (κ1) is 13.8.